The molecule has 1 heterocycles. The van der Waals surface area contributed by atoms with Crippen LogP contribution in [0.15, 0.2) is 47.1 Å². The smallest absolute Gasteiger partial charge is 0.416 e. The van der Waals surface area contributed by atoms with Crippen molar-refractivity contribution < 1.29 is 32.2 Å². The monoisotopic (exact) mass is 391 g/mol. The zero-order valence-electron chi connectivity index (χ0n) is 14.1. The number of benzene rings is 2. The van der Waals surface area contributed by atoms with Crippen LogP contribution in [0.4, 0.5) is 23.2 Å². The van der Waals surface area contributed by atoms with E-state index in [-0.39, 0.29) is 40.1 Å². The number of furan rings is 1. The van der Waals surface area contributed by atoms with E-state index in [1.54, 1.807) is 0 Å². The van der Waals surface area contributed by atoms with Gasteiger partial charge in [-0.15, -0.1) is 0 Å². The number of rotatable bonds is 2. The number of nitrogen functional groups attached to an aromatic ring is 1. The van der Waals surface area contributed by atoms with E-state index in [0.29, 0.717) is 11.6 Å². The van der Waals surface area contributed by atoms with Gasteiger partial charge in [0, 0.05) is 18.1 Å². The van der Waals surface area contributed by atoms with Gasteiger partial charge in [0.05, 0.1) is 17.5 Å². The Morgan fingerprint density at radius 3 is 2.39 bits per heavy atom. The second kappa shape index (κ2) is 6.05. The van der Waals surface area contributed by atoms with Crippen molar-refractivity contribution in [3.05, 3.63) is 76.5 Å². The van der Waals surface area contributed by atoms with Crippen LogP contribution in [0, 0.1) is 5.82 Å². The summed E-state index contributed by atoms with van der Waals surface area (Å²) in [6, 6.07) is 6.84. The third kappa shape index (κ3) is 2.77. The number of allylic oxidation sites excluding steroid dienone is 1. The molecule has 0 radical (unpaired) electrons. The molecule has 8 heteroatoms. The topological polar surface area (TPSA) is 79.6 Å². The number of nitrogens with two attached hydrogens (primary N) is 1. The molecular weight excluding hydrogens is 378 g/mol. The summed E-state index contributed by atoms with van der Waals surface area (Å²) in [5.74, 6) is -1.92. The number of hydrogen-bond acceptors (Lipinski definition) is 4. The quantitative estimate of drug-likeness (QED) is 0.541. The molecule has 1 aliphatic carbocycles. The molecule has 4 rings (SSSR count). The van der Waals surface area contributed by atoms with Gasteiger partial charge in [-0.1, -0.05) is 6.07 Å². The van der Waals surface area contributed by atoms with Crippen molar-refractivity contribution >= 4 is 16.8 Å². The number of phenolic OH excluding ortho intramolecular Hbond substituents is 2. The maximum absolute atomic E-state index is 13.9. The fraction of sp³-hybridized carbons (Fsp3) is 0.100. The maximum atomic E-state index is 13.9. The van der Waals surface area contributed by atoms with Gasteiger partial charge in [0.15, 0.2) is 17.3 Å². The summed E-state index contributed by atoms with van der Waals surface area (Å²) in [4.78, 5) is 0. The van der Waals surface area contributed by atoms with Gasteiger partial charge in [0.1, 0.15) is 5.75 Å². The molecule has 3 aromatic rings. The van der Waals surface area contributed by atoms with Crippen molar-refractivity contribution in [1.29, 1.82) is 0 Å². The molecule has 1 aromatic heterocycles. The largest absolute Gasteiger partial charge is 0.508 e. The van der Waals surface area contributed by atoms with E-state index < -0.39 is 29.1 Å². The summed E-state index contributed by atoms with van der Waals surface area (Å²) in [6.45, 7) is 0. The minimum Gasteiger partial charge on any atom is -0.508 e. The van der Waals surface area contributed by atoms with Crippen LogP contribution in [0.25, 0.3) is 11.1 Å². The molecule has 0 saturated heterocycles. The third-order valence-electron chi connectivity index (χ3n) is 4.68. The Balaban J connectivity index is 2.03. The van der Waals surface area contributed by atoms with Crippen molar-refractivity contribution in [2.45, 2.75) is 12.6 Å². The molecule has 0 aliphatic heterocycles. The first-order chi connectivity index (χ1) is 13.2. The normalized spacial score (nSPS) is 13.9. The zero-order valence-corrected chi connectivity index (χ0v) is 14.1. The molecule has 0 saturated carbocycles. The van der Waals surface area contributed by atoms with Gasteiger partial charge < -0.3 is 20.4 Å². The third-order valence-corrected chi connectivity index (χ3v) is 4.68. The van der Waals surface area contributed by atoms with E-state index in [0.717, 1.165) is 12.1 Å². The lowest BCUT2D eigenvalue weighted by Gasteiger charge is -2.13. The van der Waals surface area contributed by atoms with E-state index in [1.165, 1.54) is 24.5 Å². The lowest BCUT2D eigenvalue weighted by atomic mass is 9.97. The summed E-state index contributed by atoms with van der Waals surface area (Å²) in [7, 11) is 0. The second-order valence-corrected chi connectivity index (χ2v) is 6.42. The van der Waals surface area contributed by atoms with Crippen molar-refractivity contribution in [2.24, 2.45) is 0 Å². The molecule has 0 fully saturated rings. The molecule has 0 unspecified atom stereocenters. The summed E-state index contributed by atoms with van der Waals surface area (Å²) >= 11 is 0. The molecule has 28 heavy (non-hydrogen) atoms. The minimum atomic E-state index is -4.70. The van der Waals surface area contributed by atoms with Gasteiger partial charge in [-0.2, -0.15) is 13.2 Å². The van der Waals surface area contributed by atoms with E-state index >= 15 is 0 Å². The van der Waals surface area contributed by atoms with E-state index in [9.17, 15) is 27.8 Å². The lowest BCUT2D eigenvalue weighted by molar-refractivity contribution is -0.138. The van der Waals surface area contributed by atoms with Gasteiger partial charge in [-0.3, -0.25) is 0 Å². The van der Waals surface area contributed by atoms with Crippen LogP contribution in [0.3, 0.4) is 0 Å². The summed E-state index contributed by atoms with van der Waals surface area (Å²) in [6.07, 6.45) is -3.58. The van der Waals surface area contributed by atoms with Crippen LogP contribution in [-0.2, 0) is 12.6 Å². The fourth-order valence-electron chi connectivity index (χ4n) is 3.47. The SMILES string of the molecule is Nc1ccoc1C1=C(c2ccc(O)c(F)c2)Cc2c1cc(O)cc2C(F)(F)F. The first-order valence-corrected chi connectivity index (χ1v) is 8.15. The predicted molar refractivity (Wildman–Crippen MR) is 93.9 cm³/mol. The van der Waals surface area contributed by atoms with Crippen molar-refractivity contribution in [1.82, 2.24) is 0 Å². The van der Waals surface area contributed by atoms with Gasteiger partial charge in [0.25, 0.3) is 0 Å². The highest BCUT2D eigenvalue weighted by Gasteiger charge is 2.39. The predicted octanol–water partition coefficient (Wildman–Crippen LogP) is 4.95. The zero-order chi connectivity index (χ0) is 20.2. The average molecular weight is 391 g/mol. The molecule has 0 amide bonds. The average Bonchev–Trinajstić information content (AvgIpc) is 3.18. The van der Waals surface area contributed by atoms with Crippen LogP contribution in [0.1, 0.15) is 28.0 Å². The first kappa shape index (κ1) is 18.0. The fourth-order valence-corrected chi connectivity index (χ4v) is 3.47. The lowest BCUT2D eigenvalue weighted by Crippen LogP contribution is -2.09. The standard InChI is InChI=1S/C20H13F4NO3/c21-15-5-9(1-2-17(15)27)11-8-12-13(18(11)19-16(25)3-4-28-19)6-10(26)7-14(12)20(22,23)24/h1-7,26-27H,8,25H2. The Morgan fingerprint density at radius 1 is 1.04 bits per heavy atom. The van der Waals surface area contributed by atoms with E-state index in [4.69, 9.17) is 10.2 Å². The van der Waals surface area contributed by atoms with Crippen LogP contribution < -0.4 is 5.73 Å². The summed E-state index contributed by atoms with van der Waals surface area (Å²) in [5.41, 5.74) is 6.00. The Kier molecular flexibility index (Phi) is 3.88. The number of aromatic hydroxyl groups is 2. The van der Waals surface area contributed by atoms with Crippen LogP contribution in [0.2, 0.25) is 0 Å². The Labute approximate surface area is 156 Å². The Bertz CT molecular complexity index is 1130. The second-order valence-electron chi connectivity index (χ2n) is 6.42. The molecule has 0 spiro atoms. The van der Waals surface area contributed by atoms with Crippen molar-refractivity contribution in [3.8, 4) is 11.5 Å². The van der Waals surface area contributed by atoms with Crippen molar-refractivity contribution in [2.75, 3.05) is 5.73 Å². The highest BCUT2D eigenvalue weighted by Crippen LogP contribution is 2.49. The van der Waals surface area contributed by atoms with Crippen LogP contribution in [-0.4, -0.2) is 10.2 Å². The van der Waals surface area contributed by atoms with Crippen LogP contribution in [0.5, 0.6) is 11.5 Å². The molecule has 0 atom stereocenters. The Morgan fingerprint density at radius 2 is 1.79 bits per heavy atom. The molecular formula is C20H13F4NO3. The minimum absolute atomic E-state index is 0.0698. The molecule has 1 aliphatic rings. The Hall–Kier alpha value is -3.42. The summed E-state index contributed by atoms with van der Waals surface area (Å²) in [5, 5.41) is 19.3. The molecule has 0 bridgehead atoms. The van der Waals surface area contributed by atoms with Crippen molar-refractivity contribution in [3.63, 3.8) is 0 Å². The number of anilines is 1. The van der Waals surface area contributed by atoms with Gasteiger partial charge in [0.2, 0.25) is 0 Å². The highest BCUT2D eigenvalue weighted by molar-refractivity contribution is 6.05. The van der Waals surface area contributed by atoms with Crippen LogP contribution >= 0.6 is 0 Å². The van der Waals surface area contributed by atoms with E-state index in [1.807, 2.05) is 0 Å². The molecule has 4 N–H and O–H groups in total. The summed E-state index contributed by atoms with van der Waals surface area (Å²) < 4.78 is 59.9. The number of hydrogen-bond donors (Lipinski definition) is 3. The van der Waals surface area contributed by atoms with Gasteiger partial charge in [-0.25, -0.2) is 4.39 Å². The molecule has 4 nitrogen and oxygen atoms in total. The molecule has 2 aromatic carbocycles. The van der Waals surface area contributed by atoms with Gasteiger partial charge >= 0.3 is 6.18 Å². The first-order valence-electron chi connectivity index (χ1n) is 8.15. The number of alkyl halides is 3. The molecule has 144 valence electrons. The number of fused-ring (bicyclic) bond motifs is 1. The van der Waals surface area contributed by atoms with Gasteiger partial charge in [-0.05, 0) is 46.5 Å². The highest BCUT2D eigenvalue weighted by atomic mass is 19.4. The van der Waals surface area contributed by atoms with E-state index in [2.05, 4.69) is 0 Å². The number of halogens is 4. The maximum Gasteiger partial charge on any atom is 0.416 e. The number of phenols is 2.